The maximum absolute atomic E-state index is 14.4. The molecule has 0 aromatic heterocycles. The van der Waals surface area contributed by atoms with E-state index in [1.807, 2.05) is 0 Å². The molecule has 0 unspecified atom stereocenters. The predicted octanol–water partition coefficient (Wildman–Crippen LogP) is -4.21. The van der Waals surface area contributed by atoms with E-state index < -0.39 is 151 Å². The Morgan fingerprint density at radius 3 is 1.51 bits per heavy atom. The number of carbonyl (C=O) groups excluding carboxylic acids is 10. The van der Waals surface area contributed by atoms with Gasteiger partial charge in [0, 0.05) is 25.9 Å². The minimum atomic E-state index is -1.73. The monoisotopic (exact) mass is 982 g/mol. The standard InChI is InChI=1S/C43H71N11O15/c1-20(2)17-26(49-39(64)27(19-32(46)57)50-36(61)24(11-13-31(45)56)47-35(60)22(5)44)38(63)48-25(12-14-33(58)59)37(62)51-28(18-21(3)4)41(66)54-16-8-10-30(54)42(67)53-15-7-9-29(53)40(65)52-34(23(6)55)43(68)69/h20-30,34,55H,7-19,44H2,1-6H3,(H2,45,56)(H2,46,57)(H,47,60)(H,48,63)(H,49,64)(H,50,61)(H,51,62)(H,52,65)(H,58,59)(H,68,69)/t22-,23+,24-,25-,26-,27-,28-,29-,30-,34-/m0/s1. The minimum Gasteiger partial charge on any atom is -0.481 e. The number of aliphatic carboxylic acids is 2. The highest BCUT2D eigenvalue weighted by atomic mass is 16.4. The van der Waals surface area contributed by atoms with Crippen LogP contribution in [-0.2, 0) is 57.5 Å². The van der Waals surface area contributed by atoms with Gasteiger partial charge in [-0.25, -0.2) is 4.79 Å². The third-order valence-electron chi connectivity index (χ3n) is 11.4. The molecule has 0 spiro atoms. The third-order valence-corrected chi connectivity index (χ3v) is 11.4. The van der Waals surface area contributed by atoms with Crippen molar-refractivity contribution >= 4 is 71.0 Å². The summed E-state index contributed by atoms with van der Waals surface area (Å²) in [5, 5.41) is 43.4. The van der Waals surface area contributed by atoms with Crippen molar-refractivity contribution in [1.29, 1.82) is 0 Å². The number of primary amides is 2. The van der Waals surface area contributed by atoms with Crippen LogP contribution in [0.5, 0.6) is 0 Å². The highest BCUT2D eigenvalue weighted by Gasteiger charge is 2.45. The first kappa shape index (κ1) is 58.7. The van der Waals surface area contributed by atoms with Gasteiger partial charge < -0.3 is 74.2 Å². The van der Waals surface area contributed by atoms with Crippen molar-refractivity contribution in [3.05, 3.63) is 0 Å². The van der Waals surface area contributed by atoms with Crippen LogP contribution in [0.3, 0.4) is 0 Å². The van der Waals surface area contributed by atoms with Crippen molar-refractivity contribution in [1.82, 2.24) is 41.7 Å². The molecular formula is C43H71N11O15. The van der Waals surface area contributed by atoms with Gasteiger partial charge in [0.1, 0.15) is 42.3 Å². The molecule has 0 aliphatic carbocycles. The summed E-state index contributed by atoms with van der Waals surface area (Å²) in [5.41, 5.74) is 16.2. The average molecular weight is 982 g/mol. The molecule has 15 N–H and O–H groups in total. The summed E-state index contributed by atoms with van der Waals surface area (Å²) in [7, 11) is 0. The van der Waals surface area contributed by atoms with Gasteiger partial charge in [-0.3, -0.25) is 52.7 Å². The molecule has 2 aliphatic rings. The van der Waals surface area contributed by atoms with Gasteiger partial charge in [0.15, 0.2) is 6.04 Å². The lowest BCUT2D eigenvalue weighted by molar-refractivity contribution is -0.149. The number of aliphatic hydroxyl groups excluding tert-OH is 1. The molecule has 26 heteroatoms. The molecule has 0 radical (unpaired) electrons. The molecule has 10 atom stereocenters. The van der Waals surface area contributed by atoms with Gasteiger partial charge in [-0.2, -0.15) is 0 Å². The van der Waals surface area contributed by atoms with Gasteiger partial charge in [-0.05, 0) is 77.0 Å². The van der Waals surface area contributed by atoms with Crippen LogP contribution >= 0.6 is 0 Å². The first-order chi connectivity index (χ1) is 32.1. The summed E-state index contributed by atoms with van der Waals surface area (Å²) >= 11 is 0. The zero-order chi connectivity index (χ0) is 52.4. The minimum absolute atomic E-state index is 0.0313. The molecule has 388 valence electrons. The van der Waals surface area contributed by atoms with Gasteiger partial charge in [-0.15, -0.1) is 0 Å². The van der Waals surface area contributed by atoms with Crippen molar-refractivity contribution in [2.45, 2.75) is 173 Å². The predicted molar refractivity (Wildman–Crippen MR) is 242 cm³/mol. The Hall–Kier alpha value is -6.44. The summed E-state index contributed by atoms with van der Waals surface area (Å²) in [4.78, 5) is 159. The molecule has 2 saturated heterocycles. The SMILES string of the molecule is CC(C)C[C@H](NC(=O)[C@H](CC(N)=O)NC(=O)[C@H](CCC(N)=O)NC(=O)[C@H](C)N)C(=O)N[C@@H](CCC(=O)O)C(=O)N[C@@H](CC(C)C)C(=O)N1CCC[C@H]1C(=O)N1CCC[C@H]1C(=O)N[C@H](C(=O)O)[C@@H](C)O. The molecule has 10 amide bonds. The first-order valence-electron chi connectivity index (χ1n) is 23.0. The summed E-state index contributed by atoms with van der Waals surface area (Å²) in [6, 6.07) is -12.4. The Morgan fingerprint density at radius 1 is 0.565 bits per heavy atom. The highest BCUT2D eigenvalue weighted by Crippen LogP contribution is 2.27. The van der Waals surface area contributed by atoms with Crippen molar-refractivity contribution in [2.75, 3.05) is 13.1 Å². The van der Waals surface area contributed by atoms with E-state index in [9.17, 15) is 72.9 Å². The molecule has 0 aromatic rings. The lowest BCUT2D eigenvalue weighted by Crippen LogP contribution is -2.60. The topological polar surface area (TPSA) is 422 Å². The van der Waals surface area contributed by atoms with Crippen LogP contribution in [0.1, 0.15) is 112 Å². The quantitative estimate of drug-likeness (QED) is 0.0354. The fraction of sp³-hybridized carbons (Fsp3) is 0.721. The van der Waals surface area contributed by atoms with E-state index in [-0.39, 0.29) is 63.5 Å². The van der Waals surface area contributed by atoms with Crippen LogP contribution in [0.25, 0.3) is 0 Å². The molecule has 69 heavy (non-hydrogen) atoms. The van der Waals surface area contributed by atoms with Gasteiger partial charge in [-0.1, -0.05) is 27.7 Å². The van der Waals surface area contributed by atoms with Gasteiger partial charge in [0.25, 0.3) is 0 Å². The van der Waals surface area contributed by atoms with Crippen LogP contribution in [0.4, 0.5) is 0 Å². The van der Waals surface area contributed by atoms with Crippen molar-refractivity contribution in [2.24, 2.45) is 29.0 Å². The lowest BCUT2D eigenvalue weighted by atomic mass is 10.00. The number of aliphatic hydroxyl groups is 1. The molecule has 2 heterocycles. The zero-order valence-electron chi connectivity index (χ0n) is 40.0. The Bertz CT molecular complexity index is 1910. The molecule has 0 aromatic carbocycles. The molecule has 2 rings (SSSR count). The van der Waals surface area contributed by atoms with Crippen LogP contribution in [0.2, 0.25) is 0 Å². The number of nitrogens with zero attached hydrogens (tertiary/aromatic N) is 2. The number of amides is 10. The van der Waals surface area contributed by atoms with Gasteiger partial charge in [0.05, 0.1) is 18.6 Å². The summed E-state index contributed by atoms with van der Waals surface area (Å²) in [6.07, 6.45) is -2.92. The molecule has 2 aliphatic heterocycles. The van der Waals surface area contributed by atoms with Gasteiger partial charge >= 0.3 is 11.9 Å². The second-order valence-electron chi connectivity index (χ2n) is 18.4. The third kappa shape index (κ3) is 18.9. The number of nitrogens with one attached hydrogen (secondary N) is 6. The number of carboxylic acid groups (broad SMARTS) is 2. The summed E-state index contributed by atoms with van der Waals surface area (Å²) in [5.74, 6) is -12.1. The van der Waals surface area contributed by atoms with E-state index in [4.69, 9.17) is 17.2 Å². The van der Waals surface area contributed by atoms with E-state index in [0.717, 1.165) is 0 Å². The van der Waals surface area contributed by atoms with Crippen LogP contribution in [-0.4, -0.2) is 170 Å². The average Bonchev–Trinajstić information content (AvgIpc) is 3.94. The van der Waals surface area contributed by atoms with Crippen molar-refractivity contribution in [3.8, 4) is 0 Å². The fourth-order valence-corrected chi connectivity index (χ4v) is 7.91. The van der Waals surface area contributed by atoms with Crippen LogP contribution in [0, 0.1) is 11.8 Å². The Labute approximate surface area is 399 Å². The molecule has 0 saturated carbocycles. The van der Waals surface area contributed by atoms with Crippen molar-refractivity contribution < 1.29 is 72.9 Å². The van der Waals surface area contributed by atoms with E-state index in [1.54, 1.807) is 27.7 Å². The first-order valence-corrected chi connectivity index (χ1v) is 23.0. The Morgan fingerprint density at radius 2 is 1.01 bits per heavy atom. The van der Waals surface area contributed by atoms with E-state index >= 15 is 0 Å². The second-order valence-corrected chi connectivity index (χ2v) is 18.4. The normalized spacial score (nSPS) is 19.2. The summed E-state index contributed by atoms with van der Waals surface area (Å²) in [6.45, 7) is 9.65. The number of carbonyl (C=O) groups is 12. The van der Waals surface area contributed by atoms with E-state index in [0.29, 0.717) is 12.8 Å². The lowest BCUT2D eigenvalue weighted by Gasteiger charge is -2.34. The van der Waals surface area contributed by atoms with Crippen LogP contribution < -0.4 is 49.1 Å². The van der Waals surface area contributed by atoms with E-state index in [1.165, 1.54) is 23.6 Å². The molecule has 0 bridgehead atoms. The molecule has 26 nitrogen and oxygen atoms in total. The van der Waals surface area contributed by atoms with Crippen molar-refractivity contribution in [3.63, 3.8) is 0 Å². The largest absolute Gasteiger partial charge is 0.481 e. The maximum atomic E-state index is 14.4. The summed E-state index contributed by atoms with van der Waals surface area (Å²) < 4.78 is 0. The molecular weight excluding hydrogens is 911 g/mol. The maximum Gasteiger partial charge on any atom is 0.328 e. The Balaban J connectivity index is 2.38. The number of nitrogens with two attached hydrogens (primary N) is 3. The number of hydrogen-bond donors (Lipinski definition) is 12. The number of likely N-dealkylation sites (tertiary alicyclic amines) is 2. The fourth-order valence-electron chi connectivity index (χ4n) is 7.91. The smallest absolute Gasteiger partial charge is 0.328 e. The van der Waals surface area contributed by atoms with Crippen LogP contribution in [0.15, 0.2) is 0 Å². The zero-order valence-corrected chi connectivity index (χ0v) is 40.0. The second kappa shape index (κ2) is 27.5. The number of carboxylic acids is 2. The number of rotatable bonds is 28. The Kier molecular flexibility index (Phi) is 23.4. The highest BCUT2D eigenvalue weighted by molar-refractivity contribution is 5.99. The number of hydrogen-bond acceptors (Lipinski definition) is 14. The van der Waals surface area contributed by atoms with E-state index in [2.05, 4.69) is 31.9 Å². The molecule has 2 fully saturated rings. The van der Waals surface area contributed by atoms with Gasteiger partial charge in [0.2, 0.25) is 59.1 Å².